The van der Waals surface area contributed by atoms with E-state index in [0.29, 0.717) is 0 Å². The summed E-state index contributed by atoms with van der Waals surface area (Å²) in [7, 11) is 0. The van der Waals surface area contributed by atoms with Gasteiger partial charge in [0.2, 0.25) is 0 Å². The van der Waals surface area contributed by atoms with Crippen molar-refractivity contribution in [2.24, 2.45) is 0 Å². The highest BCUT2D eigenvalue weighted by Gasteiger charge is 2.22. The lowest BCUT2D eigenvalue weighted by Crippen LogP contribution is -2.50. The second-order valence-corrected chi connectivity index (χ2v) is 7.13. The van der Waals surface area contributed by atoms with Gasteiger partial charge < -0.3 is 14.5 Å². The van der Waals surface area contributed by atoms with Crippen LogP contribution in [0.15, 0.2) is 29.8 Å². The van der Waals surface area contributed by atoms with Crippen molar-refractivity contribution >= 4 is 22.4 Å². The van der Waals surface area contributed by atoms with E-state index in [9.17, 15) is 4.79 Å². The molecule has 1 saturated heterocycles. The Hall–Kier alpha value is -2.08. The Bertz CT molecular complexity index is 709. The first kappa shape index (κ1) is 15.4. The van der Waals surface area contributed by atoms with Crippen LogP contribution >= 0.6 is 11.3 Å². The summed E-state index contributed by atoms with van der Waals surface area (Å²) in [6, 6.07) is 6.21. The summed E-state index contributed by atoms with van der Waals surface area (Å²) in [4.78, 5) is 20.8. The number of thiazole rings is 1. The normalized spacial score (nSPS) is 17.0. The van der Waals surface area contributed by atoms with Crippen molar-refractivity contribution in [2.75, 3.05) is 37.7 Å². The lowest BCUT2D eigenvalue weighted by atomic mass is 10.1. The zero-order valence-electron chi connectivity index (χ0n) is 13.6. The number of benzene rings is 1. The first-order chi connectivity index (χ1) is 11.8. The fourth-order valence-corrected chi connectivity index (χ4v) is 4.09. The number of carbonyl (C=O) groups excluding carboxylic acids is 1. The van der Waals surface area contributed by atoms with Crippen LogP contribution in [0.2, 0.25) is 0 Å². The van der Waals surface area contributed by atoms with Gasteiger partial charge in [0.25, 0.3) is 5.91 Å². The van der Waals surface area contributed by atoms with E-state index in [-0.39, 0.29) is 12.5 Å². The van der Waals surface area contributed by atoms with Gasteiger partial charge in [-0.1, -0.05) is 6.07 Å². The lowest BCUT2D eigenvalue weighted by molar-refractivity contribution is -0.133. The molecule has 1 aliphatic heterocycles. The number of fused-ring (bicyclic) bond motifs is 1. The molecular weight excluding hydrogens is 322 g/mol. The predicted molar refractivity (Wildman–Crippen MR) is 94.9 cm³/mol. The van der Waals surface area contributed by atoms with Crippen molar-refractivity contribution in [2.45, 2.75) is 19.3 Å². The van der Waals surface area contributed by atoms with Gasteiger partial charge in [-0.15, -0.1) is 11.3 Å². The molecule has 1 aromatic heterocycles. The Kier molecular flexibility index (Phi) is 4.38. The molecule has 6 heteroatoms. The summed E-state index contributed by atoms with van der Waals surface area (Å²) in [6.45, 7) is 3.24. The summed E-state index contributed by atoms with van der Waals surface area (Å²) in [5.41, 5.74) is 2.80. The standard InChI is InChI=1S/C18H21N3O2S/c22-17(13-23-16-5-4-14-2-1-3-15(14)12-16)20-7-9-21(10-8-20)18-19-6-11-24-18/h4-6,11-12H,1-3,7-10,13H2. The van der Waals surface area contributed by atoms with E-state index in [1.54, 1.807) is 11.3 Å². The molecule has 24 heavy (non-hydrogen) atoms. The maximum absolute atomic E-state index is 12.4. The van der Waals surface area contributed by atoms with Gasteiger partial charge in [0.1, 0.15) is 5.75 Å². The number of amides is 1. The van der Waals surface area contributed by atoms with Gasteiger partial charge >= 0.3 is 0 Å². The van der Waals surface area contributed by atoms with Crippen LogP contribution in [0, 0.1) is 0 Å². The van der Waals surface area contributed by atoms with Crippen molar-refractivity contribution in [1.82, 2.24) is 9.88 Å². The van der Waals surface area contributed by atoms with Crippen LogP contribution in [0.5, 0.6) is 5.75 Å². The quantitative estimate of drug-likeness (QED) is 0.855. The van der Waals surface area contributed by atoms with Gasteiger partial charge in [-0.3, -0.25) is 4.79 Å². The fraction of sp³-hybridized carbons (Fsp3) is 0.444. The van der Waals surface area contributed by atoms with Gasteiger partial charge in [-0.2, -0.15) is 0 Å². The van der Waals surface area contributed by atoms with E-state index in [1.807, 2.05) is 22.5 Å². The zero-order valence-corrected chi connectivity index (χ0v) is 14.4. The molecule has 0 atom stereocenters. The number of rotatable bonds is 4. The number of aromatic nitrogens is 1. The zero-order chi connectivity index (χ0) is 16.4. The maximum Gasteiger partial charge on any atom is 0.260 e. The third-order valence-corrected chi connectivity index (χ3v) is 5.59. The van der Waals surface area contributed by atoms with Gasteiger partial charge in [-0.25, -0.2) is 4.98 Å². The largest absolute Gasteiger partial charge is 0.484 e. The highest BCUT2D eigenvalue weighted by molar-refractivity contribution is 7.13. The third kappa shape index (κ3) is 3.24. The summed E-state index contributed by atoms with van der Waals surface area (Å²) >= 11 is 1.64. The van der Waals surface area contributed by atoms with Crippen molar-refractivity contribution in [3.05, 3.63) is 40.9 Å². The molecule has 0 N–H and O–H groups in total. The molecule has 0 saturated carbocycles. The number of aryl methyl sites for hydroxylation is 2. The van der Waals surface area contributed by atoms with Gasteiger partial charge in [0, 0.05) is 37.8 Å². The van der Waals surface area contributed by atoms with E-state index in [2.05, 4.69) is 22.0 Å². The monoisotopic (exact) mass is 343 g/mol. The first-order valence-corrected chi connectivity index (χ1v) is 9.34. The minimum Gasteiger partial charge on any atom is -0.484 e. The molecule has 4 rings (SSSR count). The molecular formula is C18H21N3O2S. The molecule has 0 unspecified atom stereocenters. The van der Waals surface area contributed by atoms with Crippen LogP contribution in [0.25, 0.3) is 0 Å². The first-order valence-electron chi connectivity index (χ1n) is 8.46. The molecule has 126 valence electrons. The number of ether oxygens (including phenoxy) is 1. The lowest BCUT2D eigenvalue weighted by Gasteiger charge is -2.34. The molecule has 0 spiro atoms. The summed E-state index contributed by atoms with van der Waals surface area (Å²) < 4.78 is 5.73. The van der Waals surface area contributed by atoms with E-state index in [0.717, 1.165) is 49.9 Å². The summed E-state index contributed by atoms with van der Waals surface area (Å²) in [5, 5.41) is 3.02. The molecule has 0 radical (unpaired) electrons. The molecule has 1 aromatic carbocycles. The van der Waals surface area contributed by atoms with Crippen molar-refractivity contribution < 1.29 is 9.53 Å². The highest BCUT2D eigenvalue weighted by Crippen LogP contribution is 2.26. The van der Waals surface area contributed by atoms with Crippen molar-refractivity contribution in [3.8, 4) is 5.75 Å². The molecule has 2 aromatic rings. The smallest absolute Gasteiger partial charge is 0.260 e. The summed E-state index contributed by atoms with van der Waals surface area (Å²) in [6.07, 6.45) is 5.33. The molecule has 2 heterocycles. The maximum atomic E-state index is 12.4. The number of anilines is 1. The SMILES string of the molecule is O=C(COc1ccc2c(c1)CCC2)N1CCN(c2nccs2)CC1. The number of hydrogen-bond acceptors (Lipinski definition) is 5. The topological polar surface area (TPSA) is 45.7 Å². The van der Waals surface area contributed by atoms with Gasteiger partial charge in [0.05, 0.1) is 0 Å². The number of carbonyl (C=O) groups is 1. The molecule has 1 aliphatic carbocycles. The van der Waals surface area contributed by atoms with Crippen molar-refractivity contribution in [1.29, 1.82) is 0 Å². The van der Waals surface area contributed by atoms with Crippen LogP contribution < -0.4 is 9.64 Å². The van der Waals surface area contributed by atoms with Crippen LogP contribution in [0.4, 0.5) is 5.13 Å². The molecule has 1 amide bonds. The van der Waals surface area contributed by atoms with Gasteiger partial charge in [0.15, 0.2) is 11.7 Å². The molecule has 2 aliphatic rings. The van der Waals surface area contributed by atoms with E-state index in [4.69, 9.17) is 4.74 Å². The Morgan fingerprint density at radius 2 is 2.00 bits per heavy atom. The minimum absolute atomic E-state index is 0.0642. The molecule has 5 nitrogen and oxygen atoms in total. The third-order valence-electron chi connectivity index (χ3n) is 4.75. The van der Waals surface area contributed by atoms with Gasteiger partial charge in [-0.05, 0) is 42.5 Å². The fourth-order valence-electron chi connectivity index (χ4n) is 3.39. The minimum atomic E-state index is 0.0642. The number of nitrogens with zero attached hydrogens (tertiary/aromatic N) is 3. The molecule has 1 fully saturated rings. The predicted octanol–water partition coefficient (Wildman–Crippen LogP) is 2.36. The Morgan fingerprint density at radius 3 is 2.79 bits per heavy atom. The Balaban J connectivity index is 1.28. The number of hydrogen-bond donors (Lipinski definition) is 0. The van der Waals surface area contributed by atoms with Crippen LogP contribution in [0.3, 0.4) is 0 Å². The number of piperazine rings is 1. The highest BCUT2D eigenvalue weighted by atomic mass is 32.1. The van der Waals surface area contributed by atoms with Crippen molar-refractivity contribution in [3.63, 3.8) is 0 Å². The second-order valence-electron chi connectivity index (χ2n) is 6.26. The average molecular weight is 343 g/mol. The van der Waals surface area contributed by atoms with E-state index < -0.39 is 0 Å². The van der Waals surface area contributed by atoms with E-state index in [1.165, 1.54) is 17.5 Å². The summed E-state index contributed by atoms with van der Waals surface area (Å²) in [5.74, 6) is 0.875. The Morgan fingerprint density at radius 1 is 1.17 bits per heavy atom. The van der Waals surface area contributed by atoms with E-state index >= 15 is 0 Å². The second kappa shape index (κ2) is 6.81. The van der Waals surface area contributed by atoms with Crippen LogP contribution in [-0.4, -0.2) is 48.6 Å². The van der Waals surface area contributed by atoms with Crippen LogP contribution in [0.1, 0.15) is 17.5 Å². The Labute approximate surface area is 145 Å². The average Bonchev–Trinajstić information content (AvgIpc) is 3.31. The van der Waals surface area contributed by atoms with Crippen LogP contribution in [-0.2, 0) is 17.6 Å². The molecule has 0 bridgehead atoms.